The van der Waals surface area contributed by atoms with Gasteiger partial charge in [0.25, 0.3) is 0 Å². The molecule has 2 spiro atoms. The molecule has 8 nitrogen and oxygen atoms in total. The van der Waals surface area contributed by atoms with E-state index in [2.05, 4.69) is 39.5 Å². The van der Waals surface area contributed by atoms with E-state index in [0.717, 1.165) is 45.8 Å². The van der Waals surface area contributed by atoms with Crippen LogP contribution in [0, 0.1) is 50.7 Å². The second-order valence-corrected chi connectivity index (χ2v) is 19.0. The number of methoxy groups -OCH3 is 1. The second-order valence-electron chi connectivity index (χ2n) is 19.0. The third-order valence-corrected chi connectivity index (χ3v) is 16.6. The van der Waals surface area contributed by atoms with Crippen molar-refractivity contribution in [2.24, 2.45) is 50.7 Å². The molecule has 5 saturated carbocycles. The lowest BCUT2D eigenvalue weighted by Gasteiger charge is -2.64. The lowest BCUT2D eigenvalue weighted by molar-refractivity contribution is -0.256. The number of aliphatic hydroxyl groups excluding tert-OH is 1. The topological polar surface area (TPSA) is 89.9 Å². The van der Waals surface area contributed by atoms with Crippen LogP contribution in [0.5, 0.6) is 0 Å². The Bertz CT molecular complexity index is 1190. The van der Waals surface area contributed by atoms with Gasteiger partial charge in [-0.25, -0.2) is 0 Å². The van der Waals surface area contributed by atoms with Crippen LogP contribution in [-0.2, 0) is 23.7 Å². The van der Waals surface area contributed by atoms with Crippen LogP contribution in [-0.4, -0.2) is 104 Å². The van der Waals surface area contributed by atoms with Gasteiger partial charge < -0.3 is 33.9 Å². The molecule has 8 fully saturated rings. The van der Waals surface area contributed by atoms with Gasteiger partial charge in [0.1, 0.15) is 6.10 Å². The minimum absolute atomic E-state index is 0.0246. The summed E-state index contributed by atoms with van der Waals surface area (Å²) < 4.78 is 31.3. The SMILES string of the molecule is CO[C@@H]([C@H]1C[C@@H](C)[C@H]2[C@H](O1)[C@H](O)[C@@]1(C)C3CC[C@H]4C(C)(C)[C@@H](O[C@H]5CN(C6COC6)CCO5)CC[C@@]45C[C@@]35CC[C@]21C)C(C)(C)O. The number of rotatable bonds is 6. The highest BCUT2D eigenvalue weighted by molar-refractivity contribution is 5.33. The van der Waals surface area contributed by atoms with E-state index in [9.17, 15) is 10.2 Å². The van der Waals surface area contributed by atoms with E-state index < -0.39 is 17.8 Å². The van der Waals surface area contributed by atoms with Gasteiger partial charge in [-0.05, 0) is 111 Å². The maximum atomic E-state index is 12.5. The van der Waals surface area contributed by atoms with Crippen LogP contribution in [0.1, 0.15) is 99.8 Å². The van der Waals surface area contributed by atoms with Gasteiger partial charge in [-0.2, -0.15) is 0 Å². The molecule has 2 N–H and O–H groups in total. The first-order chi connectivity index (χ1) is 21.6. The van der Waals surface area contributed by atoms with Crippen molar-refractivity contribution in [2.75, 3.05) is 40.0 Å². The molecule has 3 heterocycles. The maximum absolute atomic E-state index is 12.5. The third kappa shape index (κ3) is 4.20. The highest BCUT2D eigenvalue weighted by Crippen LogP contribution is 2.89. The smallest absolute Gasteiger partial charge is 0.170 e. The first kappa shape index (κ1) is 32.9. The summed E-state index contributed by atoms with van der Waals surface area (Å²) in [7, 11) is 1.67. The summed E-state index contributed by atoms with van der Waals surface area (Å²) in [5, 5.41) is 23.5. The summed E-state index contributed by atoms with van der Waals surface area (Å²) >= 11 is 0. The maximum Gasteiger partial charge on any atom is 0.170 e. The van der Waals surface area contributed by atoms with Gasteiger partial charge in [-0.1, -0.05) is 34.6 Å². The van der Waals surface area contributed by atoms with E-state index in [0.29, 0.717) is 40.5 Å². The van der Waals surface area contributed by atoms with Crippen LogP contribution in [0.25, 0.3) is 0 Å². The molecule has 14 atom stereocenters. The molecule has 46 heavy (non-hydrogen) atoms. The van der Waals surface area contributed by atoms with E-state index in [1.54, 1.807) is 7.11 Å². The van der Waals surface area contributed by atoms with Crippen molar-refractivity contribution in [3.05, 3.63) is 0 Å². The van der Waals surface area contributed by atoms with Crippen molar-refractivity contribution >= 4 is 0 Å². The third-order valence-electron chi connectivity index (χ3n) is 16.6. The Morgan fingerprint density at radius 3 is 2.37 bits per heavy atom. The number of ether oxygens (including phenoxy) is 5. The molecule has 262 valence electrons. The number of fused-ring (bicyclic) bond motifs is 4. The van der Waals surface area contributed by atoms with Gasteiger partial charge in [-0.15, -0.1) is 0 Å². The predicted molar refractivity (Wildman–Crippen MR) is 174 cm³/mol. The molecule has 0 aromatic heterocycles. The normalized spacial score (nSPS) is 54.0. The summed E-state index contributed by atoms with van der Waals surface area (Å²) in [5.74, 6) is 1.85. The van der Waals surface area contributed by atoms with Crippen molar-refractivity contribution < 1.29 is 33.9 Å². The van der Waals surface area contributed by atoms with Gasteiger partial charge in [0.05, 0.1) is 62.4 Å². The summed E-state index contributed by atoms with van der Waals surface area (Å²) in [6, 6.07) is 0.523. The number of morpholine rings is 1. The summed E-state index contributed by atoms with van der Waals surface area (Å²) in [6.45, 7) is 20.2. The summed E-state index contributed by atoms with van der Waals surface area (Å²) in [5.41, 5.74) is -0.430. The molecule has 8 aliphatic rings. The molecule has 3 aliphatic heterocycles. The summed E-state index contributed by atoms with van der Waals surface area (Å²) in [4.78, 5) is 2.51. The highest BCUT2D eigenvalue weighted by atomic mass is 16.7. The van der Waals surface area contributed by atoms with Crippen molar-refractivity contribution in [1.82, 2.24) is 4.90 Å². The molecule has 8 heteroatoms. The van der Waals surface area contributed by atoms with Gasteiger partial charge in [0.2, 0.25) is 0 Å². The first-order valence-corrected chi connectivity index (χ1v) is 18.8. The van der Waals surface area contributed by atoms with Crippen LogP contribution < -0.4 is 0 Å². The van der Waals surface area contributed by atoms with E-state index in [-0.39, 0.29) is 40.8 Å². The second kappa shape index (κ2) is 10.6. The Labute approximate surface area is 277 Å². The fourth-order valence-corrected chi connectivity index (χ4v) is 14.3. The van der Waals surface area contributed by atoms with E-state index in [1.807, 2.05) is 13.8 Å². The number of hydrogen-bond donors (Lipinski definition) is 2. The number of hydrogen-bond acceptors (Lipinski definition) is 8. The predicted octanol–water partition coefficient (Wildman–Crippen LogP) is 5.03. The van der Waals surface area contributed by atoms with Crippen LogP contribution in [0.15, 0.2) is 0 Å². The largest absolute Gasteiger partial charge is 0.390 e. The fraction of sp³-hybridized carbons (Fsp3) is 1.00. The molecule has 0 aromatic rings. The average molecular weight is 646 g/mol. The molecule has 0 radical (unpaired) electrons. The standard InChI is InChI=1S/C38H63NO7/c1-22-17-24(32(42-8)34(4,5)41)45-30-29(22)35(6)13-14-38-21-37(38)12-11-27(46-28-18-39(15-16-44-28)23-19-43-20-23)33(2,3)25(37)9-10-26(38)36(35,7)31(30)40/h22-32,40-41H,9-21H2,1-8H3/t22-,24-,25+,26?,27+,28+,29+,30+,31+,32+,35-,36-,37-,38+/m1/s1. The monoisotopic (exact) mass is 645 g/mol. The van der Waals surface area contributed by atoms with Crippen LogP contribution in [0.4, 0.5) is 0 Å². The minimum Gasteiger partial charge on any atom is -0.390 e. The zero-order valence-corrected chi connectivity index (χ0v) is 29.9. The van der Waals surface area contributed by atoms with E-state index in [1.165, 1.54) is 38.5 Å². The Balaban J connectivity index is 1.03. The molecule has 8 rings (SSSR count). The Morgan fingerprint density at radius 1 is 0.978 bits per heavy atom. The lowest BCUT2D eigenvalue weighted by Crippen LogP contribution is -2.60. The quantitative estimate of drug-likeness (QED) is 0.416. The number of nitrogens with zero attached hydrogens (tertiary/aromatic N) is 1. The molecule has 3 saturated heterocycles. The highest BCUT2D eigenvalue weighted by Gasteiger charge is 2.84. The molecular formula is C38H63NO7. The Kier molecular flexibility index (Phi) is 7.57. The Hall–Kier alpha value is -0.320. The molecule has 0 amide bonds. The minimum atomic E-state index is -1.01. The van der Waals surface area contributed by atoms with Crippen molar-refractivity contribution in [2.45, 2.75) is 148 Å². The zero-order chi connectivity index (χ0) is 32.7. The molecule has 1 unspecified atom stereocenters. The van der Waals surface area contributed by atoms with Gasteiger partial charge in [0, 0.05) is 19.1 Å². The van der Waals surface area contributed by atoms with Gasteiger partial charge in [0.15, 0.2) is 6.29 Å². The lowest BCUT2D eigenvalue weighted by atomic mass is 9.41. The fourth-order valence-electron chi connectivity index (χ4n) is 14.3. The van der Waals surface area contributed by atoms with Crippen molar-refractivity contribution in [3.63, 3.8) is 0 Å². The van der Waals surface area contributed by atoms with Gasteiger partial charge >= 0.3 is 0 Å². The van der Waals surface area contributed by atoms with E-state index >= 15 is 0 Å². The van der Waals surface area contributed by atoms with Crippen molar-refractivity contribution in [1.29, 1.82) is 0 Å². The van der Waals surface area contributed by atoms with Crippen molar-refractivity contribution in [3.8, 4) is 0 Å². The summed E-state index contributed by atoms with van der Waals surface area (Å²) in [6.07, 6.45) is 8.05. The van der Waals surface area contributed by atoms with Crippen LogP contribution in [0.2, 0.25) is 0 Å². The Morgan fingerprint density at radius 2 is 1.70 bits per heavy atom. The van der Waals surface area contributed by atoms with Crippen LogP contribution >= 0.6 is 0 Å². The molecule has 0 aromatic carbocycles. The molecule has 5 aliphatic carbocycles. The van der Waals surface area contributed by atoms with Crippen LogP contribution in [0.3, 0.4) is 0 Å². The average Bonchev–Trinajstić information content (AvgIpc) is 3.58. The first-order valence-electron chi connectivity index (χ1n) is 18.8. The number of aliphatic hydroxyl groups is 2. The zero-order valence-electron chi connectivity index (χ0n) is 29.9. The molecular weight excluding hydrogens is 582 g/mol. The van der Waals surface area contributed by atoms with Gasteiger partial charge in [-0.3, -0.25) is 4.90 Å². The van der Waals surface area contributed by atoms with E-state index in [4.69, 9.17) is 23.7 Å². The molecule has 0 bridgehead atoms.